The van der Waals surface area contributed by atoms with Gasteiger partial charge in [0, 0.05) is 6.42 Å². The third-order valence-electron chi connectivity index (χ3n) is 5.48. The molecule has 156 valence electrons. The fourth-order valence-electron chi connectivity index (χ4n) is 3.59. The number of hydrogen-bond acceptors (Lipinski definition) is 2. The summed E-state index contributed by atoms with van der Waals surface area (Å²) in [5.41, 5.74) is 0. The number of carbonyl (C=O) groups excluding carboxylic acids is 1. The van der Waals surface area contributed by atoms with Gasteiger partial charge in [0.25, 0.3) is 0 Å². The standard InChI is InChI=1S/C24H48O2/c1-3-5-7-9-11-13-14-16-18-20-22-24(26)23(25)21-19-17-15-12-10-8-6-4-2/h23,25H,3-22H2,1-2H3. The Balaban J connectivity index is 3.32. The van der Waals surface area contributed by atoms with Gasteiger partial charge in [0.05, 0.1) is 0 Å². The number of ketones is 1. The van der Waals surface area contributed by atoms with E-state index in [-0.39, 0.29) is 5.78 Å². The van der Waals surface area contributed by atoms with Crippen LogP contribution in [-0.4, -0.2) is 17.0 Å². The molecule has 0 aromatic heterocycles. The van der Waals surface area contributed by atoms with Gasteiger partial charge in [-0.05, 0) is 12.8 Å². The highest BCUT2D eigenvalue weighted by Gasteiger charge is 2.13. The molecular formula is C24H48O2. The van der Waals surface area contributed by atoms with Gasteiger partial charge >= 0.3 is 0 Å². The Kier molecular flexibility index (Phi) is 20.6. The van der Waals surface area contributed by atoms with Crippen LogP contribution in [0, 0.1) is 0 Å². The molecule has 0 bridgehead atoms. The van der Waals surface area contributed by atoms with Gasteiger partial charge in [0.1, 0.15) is 6.10 Å². The summed E-state index contributed by atoms with van der Waals surface area (Å²) in [7, 11) is 0. The van der Waals surface area contributed by atoms with E-state index in [9.17, 15) is 9.90 Å². The molecule has 0 radical (unpaired) electrons. The molecule has 0 aromatic rings. The molecule has 0 amide bonds. The van der Waals surface area contributed by atoms with Crippen molar-refractivity contribution in [1.82, 2.24) is 0 Å². The second-order valence-electron chi connectivity index (χ2n) is 8.18. The van der Waals surface area contributed by atoms with Crippen LogP contribution in [0.1, 0.15) is 142 Å². The minimum atomic E-state index is -0.700. The molecule has 0 spiro atoms. The number of aliphatic hydroxyl groups is 1. The van der Waals surface area contributed by atoms with Crippen molar-refractivity contribution < 1.29 is 9.90 Å². The maximum Gasteiger partial charge on any atom is 0.161 e. The molecule has 1 N–H and O–H groups in total. The van der Waals surface area contributed by atoms with E-state index in [0.717, 1.165) is 25.7 Å². The van der Waals surface area contributed by atoms with Crippen LogP contribution in [0.5, 0.6) is 0 Å². The third kappa shape index (κ3) is 18.4. The van der Waals surface area contributed by atoms with E-state index in [4.69, 9.17) is 0 Å². The largest absolute Gasteiger partial charge is 0.385 e. The lowest BCUT2D eigenvalue weighted by atomic mass is 10.0. The Morgan fingerprint density at radius 2 is 0.923 bits per heavy atom. The average Bonchev–Trinajstić information content (AvgIpc) is 2.65. The Morgan fingerprint density at radius 3 is 1.35 bits per heavy atom. The molecule has 26 heavy (non-hydrogen) atoms. The summed E-state index contributed by atoms with van der Waals surface area (Å²) < 4.78 is 0. The Bertz CT molecular complexity index is 288. The highest BCUT2D eigenvalue weighted by atomic mass is 16.3. The molecule has 1 atom stereocenters. The van der Waals surface area contributed by atoms with E-state index in [1.807, 2.05) is 0 Å². The molecule has 0 rings (SSSR count). The second-order valence-corrected chi connectivity index (χ2v) is 8.18. The van der Waals surface area contributed by atoms with Gasteiger partial charge in [-0.15, -0.1) is 0 Å². The molecule has 0 saturated carbocycles. The first-order chi connectivity index (χ1) is 12.7. The van der Waals surface area contributed by atoms with Crippen LogP contribution in [0.25, 0.3) is 0 Å². The summed E-state index contributed by atoms with van der Waals surface area (Å²) >= 11 is 0. The Hall–Kier alpha value is -0.370. The molecule has 0 aliphatic carbocycles. The molecule has 0 aromatic carbocycles. The van der Waals surface area contributed by atoms with Crippen molar-refractivity contribution in [3.63, 3.8) is 0 Å². The number of carbonyl (C=O) groups is 1. The topological polar surface area (TPSA) is 37.3 Å². The van der Waals surface area contributed by atoms with Crippen LogP contribution in [0.3, 0.4) is 0 Å². The van der Waals surface area contributed by atoms with Gasteiger partial charge in [-0.2, -0.15) is 0 Å². The first-order valence-electron chi connectivity index (χ1n) is 11.9. The van der Waals surface area contributed by atoms with E-state index < -0.39 is 6.10 Å². The quantitative estimate of drug-likeness (QED) is 0.210. The average molecular weight is 369 g/mol. The van der Waals surface area contributed by atoms with Crippen molar-refractivity contribution in [3.8, 4) is 0 Å². The minimum Gasteiger partial charge on any atom is -0.385 e. The number of Topliss-reactive ketones (excluding diaryl/α,β-unsaturated/α-hetero) is 1. The Labute approximate surface area is 164 Å². The maximum absolute atomic E-state index is 12.0. The van der Waals surface area contributed by atoms with Gasteiger partial charge in [-0.3, -0.25) is 4.79 Å². The SMILES string of the molecule is CCCCCCCCCCCCC(=O)C(O)CCCCCCCCCC. The van der Waals surface area contributed by atoms with E-state index in [1.165, 1.54) is 89.9 Å². The number of aliphatic hydroxyl groups excluding tert-OH is 1. The van der Waals surface area contributed by atoms with Crippen LogP contribution in [-0.2, 0) is 4.79 Å². The van der Waals surface area contributed by atoms with Crippen LogP contribution in [0.2, 0.25) is 0 Å². The second kappa shape index (κ2) is 20.9. The van der Waals surface area contributed by atoms with Crippen molar-refractivity contribution in [1.29, 1.82) is 0 Å². The van der Waals surface area contributed by atoms with Crippen molar-refractivity contribution >= 4 is 5.78 Å². The Morgan fingerprint density at radius 1 is 0.577 bits per heavy atom. The van der Waals surface area contributed by atoms with Gasteiger partial charge in [0.15, 0.2) is 5.78 Å². The normalized spacial score (nSPS) is 12.4. The summed E-state index contributed by atoms with van der Waals surface area (Å²) in [6.45, 7) is 4.50. The van der Waals surface area contributed by atoms with Crippen molar-refractivity contribution in [2.24, 2.45) is 0 Å². The van der Waals surface area contributed by atoms with Gasteiger partial charge < -0.3 is 5.11 Å². The van der Waals surface area contributed by atoms with Crippen LogP contribution >= 0.6 is 0 Å². The monoisotopic (exact) mass is 368 g/mol. The smallest absolute Gasteiger partial charge is 0.161 e. The van der Waals surface area contributed by atoms with Crippen molar-refractivity contribution in [2.75, 3.05) is 0 Å². The van der Waals surface area contributed by atoms with E-state index in [2.05, 4.69) is 13.8 Å². The van der Waals surface area contributed by atoms with Gasteiger partial charge in [0.2, 0.25) is 0 Å². The summed E-state index contributed by atoms with van der Waals surface area (Å²) in [5.74, 6) is 0.0764. The fraction of sp³-hybridized carbons (Fsp3) is 0.958. The van der Waals surface area contributed by atoms with Gasteiger partial charge in [-0.25, -0.2) is 0 Å². The molecular weight excluding hydrogens is 320 g/mol. The molecule has 2 nitrogen and oxygen atoms in total. The first kappa shape index (κ1) is 25.6. The molecule has 2 heteroatoms. The van der Waals surface area contributed by atoms with Crippen LogP contribution < -0.4 is 0 Å². The number of hydrogen-bond donors (Lipinski definition) is 1. The predicted molar refractivity (Wildman–Crippen MR) is 115 cm³/mol. The van der Waals surface area contributed by atoms with E-state index in [1.54, 1.807) is 0 Å². The van der Waals surface area contributed by atoms with Crippen LogP contribution in [0.15, 0.2) is 0 Å². The van der Waals surface area contributed by atoms with Gasteiger partial charge in [-0.1, -0.05) is 123 Å². The lowest BCUT2D eigenvalue weighted by molar-refractivity contribution is -0.127. The van der Waals surface area contributed by atoms with E-state index >= 15 is 0 Å². The summed E-state index contributed by atoms with van der Waals surface area (Å²) in [5, 5.41) is 9.98. The zero-order chi connectivity index (χ0) is 19.3. The molecule has 0 aliphatic heterocycles. The number of unbranched alkanes of at least 4 members (excludes halogenated alkanes) is 16. The first-order valence-corrected chi connectivity index (χ1v) is 11.9. The number of rotatable bonds is 21. The zero-order valence-electron chi connectivity index (χ0n) is 18.1. The summed E-state index contributed by atoms with van der Waals surface area (Å²) in [6, 6.07) is 0. The molecule has 0 saturated heterocycles. The maximum atomic E-state index is 12.0. The van der Waals surface area contributed by atoms with Crippen LogP contribution in [0.4, 0.5) is 0 Å². The molecule has 0 aliphatic rings. The van der Waals surface area contributed by atoms with E-state index in [0.29, 0.717) is 12.8 Å². The summed E-state index contributed by atoms with van der Waals surface area (Å²) in [6.07, 6.45) is 23.5. The lowest BCUT2D eigenvalue weighted by Gasteiger charge is -2.09. The fourth-order valence-corrected chi connectivity index (χ4v) is 3.59. The van der Waals surface area contributed by atoms with Crippen molar-refractivity contribution in [3.05, 3.63) is 0 Å². The highest BCUT2D eigenvalue weighted by Crippen LogP contribution is 2.14. The zero-order valence-corrected chi connectivity index (χ0v) is 18.1. The minimum absolute atomic E-state index is 0.0764. The third-order valence-corrected chi connectivity index (χ3v) is 5.48. The lowest BCUT2D eigenvalue weighted by Crippen LogP contribution is -2.19. The molecule has 0 heterocycles. The van der Waals surface area contributed by atoms with Crippen molar-refractivity contribution in [2.45, 2.75) is 148 Å². The summed E-state index contributed by atoms with van der Waals surface area (Å²) in [4.78, 5) is 12.0. The molecule has 1 unspecified atom stereocenters. The predicted octanol–water partition coefficient (Wildman–Crippen LogP) is 7.76. The molecule has 0 fully saturated rings. The highest BCUT2D eigenvalue weighted by molar-refractivity contribution is 5.82.